The van der Waals surface area contributed by atoms with Crippen molar-refractivity contribution in [1.29, 1.82) is 0 Å². The van der Waals surface area contributed by atoms with E-state index in [4.69, 9.17) is 4.74 Å². The molecule has 0 aliphatic carbocycles. The summed E-state index contributed by atoms with van der Waals surface area (Å²) < 4.78 is 5.71. The maximum Gasteiger partial charge on any atom is 0.274 e. The van der Waals surface area contributed by atoms with Gasteiger partial charge in [0.1, 0.15) is 11.4 Å². The normalized spacial score (nSPS) is 11.2. The number of rotatable bonds is 5. The van der Waals surface area contributed by atoms with Crippen molar-refractivity contribution in [3.8, 4) is 5.75 Å². The molecule has 0 unspecified atom stereocenters. The summed E-state index contributed by atoms with van der Waals surface area (Å²) in [5, 5.41) is 6.17. The minimum Gasteiger partial charge on any atom is -0.489 e. The van der Waals surface area contributed by atoms with E-state index in [0.29, 0.717) is 17.1 Å². The zero-order chi connectivity index (χ0) is 17.7. The summed E-state index contributed by atoms with van der Waals surface area (Å²) in [6.45, 7) is 10.1. The monoisotopic (exact) mass is 327 g/mol. The third-order valence-electron chi connectivity index (χ3n) is 3.01. The van der Waals surface area contributed by atoms with Crippen LogP contribution >= 0.6 is 0 Å². The number of amides is 1. The van der Waals surface area contributed by atoms with Gasteiger partial charge in [0.15, 0.2) is 0 Å². The molecule has 0 saturated carbocycles. The molecule has 1 aromatic carbocycles. The number of aromatic nitrogens is 1. The van der Waals surface area contributed by atoms with Crippen LogP contribution in [-0.4, -0.2) is 22.5 Å². The van der Waals surface area contributed by atoms with Crippen molar-refractivity contribution in [3.63, 3.8) is 0 Å². The van der Waals surface area contributed by atoms with Gasteiger partial charge in [-0.3, -0.25) is 4.79 Å². The van der Waals surface area contributed by atoms with Crippen LogP contribution in [0.1, 0.15) is 45.1 Å². The topological polar surface area (TPSA) is 63.2 Å². The van der Waals surface area contributed by atoms with Gasteiger partial charge in [-0.25, -0.2) is 4.98 Å². The second kappa shape index (κ2) is 7.34. The number of hydrogen-bond acceptors (Lipinski definition) is 4. The highest BCUT2D eigenvalue weighted by Crippen LogP contribution is 2.25. The zero-order valence-electron chi connectivity index (χ0n) is 14.9. The average molecular weight is 327 g/mol. The standard InChI is InChI=1S/C19H25N3O2/c1-13(2)24-17-9-7-6-8-15(17)21-18(23)16-11-10-14(12-20-16)22-19(3,4)5/h6-13,22H,1-5H3,(H,21,23). The fraction of sp³-hybridized carbons (Fsp3) is 0.368. The molecule has 0 atom stereocenters. The lowest BCUT2D eigenvalue weighted by molar-refractivity contribution is 0.102. The van der Waals surface area contributed by atoms with Crippen LogP contribution in [0.3, 0.4) is 0 Å². The predicted octanol–water partition coefficient (Wildman–Crippen LogP) is 4.33. The van der Waals surface area contributed by atoms with E-state index in [1.807, 2.05) is 44.2 Å². The van der Waals surface area contributed by atoms with Crippen LogP contribution in [0.5, 0.6) is 5.75 Å². The summed E-state index contributed by atoms with van der Waals surface area (Å²) in [7, 11) is 0. The molecule has 5 nitrogen and oxygen atoms in total. The fourth-order valence-electron chi connectivity index (χ4n) is 2.15. The molecule has 0 bridgehead atoms. The van der Waals surface area contributed by atoms with Gasteiger partial charge in [0.25, 0.3) is 5.91 Å². The largest absolute Gasteiger partial charge is 0.489 e. The number of nitrogens with zero attached hydrogens (tertiary/aromatic N) is 1. The van der Waals surface area contributed by atoms with Crippen molar-refractivity contribution in [2.75, 3.05) is 10.6 Å². The van der Waals surface area contributed by atoms with Crippen LogP contribution in [0, 0.1) is 0 Å². The second-order valence-corrected chi connectivity index (χ2v) is 6.92. The molecule has 0 fully saturated rings. The van der Waals surface area contributed by atoms with Gasteiger partial charge in [-0.2, -0.15) is 0 Å². The average Bonchev–Trinajstić information content (AvgIpc) is 2.48. The molecule has 0 saturated heterocycles. The summed E-state index contributed by atoms with van der Waals surface area (Å²) in [6, 6.07) is 10.9. The van der Waals surface area contributed by atoms with Crippen molar-refractivity contribution in [2.24, 2.45) is 0 Å². The molecular weight excluding hydrogens is 302 g/mol. The number of nitrogens with one attached hydrogen (secondary N) is 2. The summed E-state index contributed by atoms with van der Waals surface area (Å²) in [6.07, 6.45) is 1.69. The Kier molecular flexibility index (Phi) is 5.44. The van der Waals surface area contributed by atoms with E-state index < -0.39 is 0 Å². The van der Waals surface area contributed by atoms with Crippen LogP contribution < -0.4 is 15.4 Å². The molecule has 2 rings (SSSR count). The van der Waals surface area contributed by atoms with Crippen LogP contribution in [0.15, 0.2) is 42.6 Å². The Bertz CT molecular complexity index is 689. The van der Waals surface area contributed by atoms with Crippen LogP contribution in [0.25, 0.3) is 0 Å². The number of ether oxygens (including phenoxy) is 1. The highest BCUT2D eigenvalue weighted by molar-refractivity contribution is 6.03. The lowest BCUT2D eigenvalue weighted by atomic mass is 10.1. The predicted molar refractivity (Wildman–Crippen MR) is 97.8 cm³/mol. The first-order chi connectivity index (χ1) is 11.2. The van der Waals surface area contributed by atoms with Gasteiger partial charge < -0.3 is 15.4 Å². The summed E-state index contributed by atoms with van der Waals surface area (Å²) >= 11 is 0. The number of carbonyl (C=O) groups is 1. The third-order valence-corrected chi connectivity index (χ3v) is 3.01. The number of carbonyl (C=O) groups excluding carboxylic acids is 1. The quantitative estimate of drug-likeness (QED) is 0.858. The molecule has 0 radical (unpaired) electrons. The van der Waals surface area contributed by atoms with Crippen LogP contribution in [0.4, 0.5) is 11.4 Å². The van der Waals surface area contributed by atoms with E-state index in [2.05, 4.69) is 36.4 Å². The van der Waals surface area contributed by atoms with Crippen molar-refractivity contribution < 1.29 is 9.53 Å². The first kappa shape index (κ1) is 17.8. The van der Waals surface area contributed by atoms with Crippen LogP contribution in [-0.2, 0) is 0 Å². The summed E-state index contributed by atoms with van der Waals surface area (Å²) in [5.41, 5.74) is 1.81. The van der Waals surface area contributed by atoms with E-state index in [0.717, 1.165) is 5.69 Å². The second-order valence-electron chi connectivity index (χ2n) is 6.92. The van der Waals surface area contributed by atoms with E-state index in [9.17, 15) is 4.79 Å². The molecule has 1 amide bonds. The maximum atomic E-state index is 12.4. The van der Waals surface area contributed by atoms with Crippen molar-refractivity contribution in [3.05, 3.63) is 48.3 Å². The molecule has 0 aliphatic heterocycles. The molecule has 5 heteroatoms. The molecule has 0 aliphatic rings. The van der Waals surface area contributed by atoms with E-state index in [1.54, 1.807) is 12.3 Å². The van der Waals surface area contributed by atoms with Gasteiger partial charge in [-0.15, -0.1) is 0 Å². The summed E-state index contributed by atoms with van der Waals surface area (Å²) in [4.78, 5) is 16.6. The third kappa shape index (κ3) is 5.26. The van der Waals surface area contributed by atoms with Gasteiger partial charge in [-0.05, 0) is 58.9 Å². The highest BCUT2D eigenvalue weighted by atomic mass is 16.5. The highest BCUT2D eigenvalue weighted by Gasteiger charge is 2.13. The molecule has 2 aromatic rings. The molecule has 0 spiro atoms. The van der Waals surface area contributed by atoms with Gasteiger partial charge in [0, 0.05) is 5.54 Å². The zero-order valence-corrected chi connectivity index (χ0v) is 14.9. The Morgan fingerprint density at radius 1 is 1.12 bits per heavy atom. The smallest absolute Gasteiger partial charge is 0.274 e. The van der Waals surface area contributed by atoms with Gasteiger partial charge in [-0.1, -0.05) is 12.1 Å². The molecule has 24 heavy (non-hydrogen) atoms. The van der Waals surface area contributed by atoms with E-state index in [-0.39, 0.29) is 17.6 Å². The fourth-order valence-corrected chi connectivity index (χ4v) is 2.15. The van der Waals surface area contributed by atoms with Crippen molar-refractivity contribution in [2.45, 2.75) is 46.3 Å². The maximum absolute atomic E-state index is 12.4. The Labute approximate surface area is 143 Å². The Morgan fingerprint density at radius 2 is 1.83 bits per heavy atom. The summed E-state index contributed by atoms with van der Waals surface area (Å²) in [5.74, 6) is 0.379. The van der Waals surface area contributed by atoms with Crippen LogP contribution in [0.2, 0.25) is 0 Å². The van der Waals surface area contributed by atoms with Gasteiger partial charge in [0.05, 0.1) is 23.7 Å². The number of para-hydroxylation sites is 2. The number of hydrogen-bond donors (Lipinski definition) is 2. The minimum absolute atomic E-state index is 0.0314. The minimum atomic E-state index is -0.267. The van der Waals surface area contributed by atoms with Crippen molar-refractivity contribution in [1.82, 2.24) is 4.98 Å². The molecule has 2 N–H and O–H groups in total. The first-order valence-electron chi connectivity index (χ1n) is 8.06. The number of benzene rings is 1. The lowest BCUT2D eigenvalue weighted by Gasteiger charge is -2.21. The number of anilines is 2. The van der Waals surface area contributed by atoms with Gasteiger partial charge >= 0.3 is 0 Å². The molecule has 1 aromatic heterocycles. The van der Waals surface area contributed by atoms with E-state index >= 15 is 0 Å². The first-order valence-corrected chi connectivity index (χ1v) is 8.06. The molecule has 128 valence electrons. The Balaban J connectivity index is 2.10. The Hall–Kier alpha value is -2.56. The SMILES string of the molecule is CC(C)Oc1ccccc1NC(=O)c1ccc(NC(C)(C)C)cn1. The lowest BCUT2D eigenvalue weighted by Crippen LogP contribution is -2.26. The molecule has 1 heterocycles. The number of pyridine rings is 1. The van der Waals surface area contributed by atoms with Crippen molar-refractivity contribution >= 4 is 17.3 Å². The van der Waals surface area contributed by atoms with E-state index in [1.165, 1.54) is 0 Å². The molecular formula is C19H25N3O2. The van der Waals surface area contributed by atoms with Gasteiger partial charge in [0.2, 0.25) is 0 Å². The Morgan fingerprint density at radius 3 is 2.42 bits per heavy atom.